The highest BCUT2D eigenvalue weighted by atomic mass is 32.1. The van der Waals surface area contributed by atoms with E-state index in [9.17, 15) is 4.79 Å². The van der Waals surface area contributed by atoms with E-state index >= 15 is 0 Å². The van der Waals surface area contributed by atoms with Crippen molar-refractivity contribution in [2.24, 2.45) is 0 Å². The third kappa shape index (κ3) is 2.62. The number of rotatable bonds is 3. The second-order valence-corrected chi connectivity index (χ2v) is 5.44. The molecule has 0 aliphatic rings. The summed E-state index contributed by atoms with van der Waals surface area (Å²) >= 11 is 1.59. The molecule has 3 aromatic rings. The van der Waals surface area contributed by atoms with Gasteiger partial charge in [0.2, 0.25) is 0 Å². The molecule has 1 amide bonds. The largest absolute Gasteiger partial charge is 0.494 e. The number of carbonyl (C=O) groups is 1. The van der Waals surface area contributed by atoms with Crippen LogP contribution < -0.4 is 10.1 Å². The van der Waals surface area contributed by atoms with Crippen LogP contribution in [0.2, 0.25) is 0 Å². The molecule has 0 unspecified atom stereocenters. The first kappa shape index (κ1) is 13.6. The Bertz CT molecular complexity index is 774. The molecule has 0 saturated carbocycles. The van der Waals surface area contributed by atoms with Gasteiger partial charge in [0, 0.05) is 5.69 Å². The molecule has 0 saturated heterocycles. The lowest BCUT2D eigenvalue weighted by Gasteiger charge is -2.07. The summed E-state index contributed by atoms with van der Waals surface area (Å²) in [6.07, 6.45) is 0. The summed E-state index contributed by atoms with van der Waals surface area (Å²) in [5, 5.41) is 9.07. The maximum atomic E-state index is 12.3. The lowest BCUT2D eigenvalue weighted by molar-refractivity contribution is 0.251. The second kappa shape index (κ2) is 5.57. The van der Waals surface area contributed by atoms with E-state index in [-0.39, 0.29) is 6.03 Å². The van der Waals surface area contributed by atoms with E-state index in [1.54, 1.807) is 11.3 Å². The number of nitrogens with one attached hydrogen (secondary N) is 1. The Morgan fingerprint density at radius 1 is 1.33 bits per heavy atom. The molecule has 1 aromatic carbocycles. The Hall–Kier alpha value is -2.34. The normalized spacial score (nSPS) is 10.8. The van der Waals surface area contributed by atoms with Crippen LogP contribution in [0.4, 0.5) is 10.5 Å². The molecule has 5 nitrogen and oxygen atoms in total. The van der Waals surface area contributed by atoms with Crippen molar-refractivity contribution < 1.29 is 9.53 Å². The Morgan fingerprint density at radius 2 is 2.10 bits per heavy atom. The van der Waals surface area contributed by atoms with Crippen LogP contribution in [0.1, 0.15) is 12.6 Å². The molecule has 0 fully saturated rings. The van der Waals surface area contributed by atoms with Gasteiger partial charge in [-0.2, -0.15) is 9.78 Å². The fourth-order valence-corrected chi connectivity index (χ4v) is 2.94. The first-order chi connectivity index (χ1) is 10.2. The minimum atomic E-state index is -0.268. The van der Waals surface area contributed by atoms with Crippen LogP contribution in [0.5, 0.6) is 5.75 Å². The Morgan fingerprint density at radius 3 is 2.81 bits per heavy atom. The highest BCUT2D eigenvalue weighted by molar-refractivity contribution is 7.17. The average Bonchev–Trinajstić information content (AvgIpc) is 3.06. The lowest BCUT2D eigenvalue weighted by Crippen LogP contribution is -2.20. The Labute approximate surface area is 126 Å². The minimum absolute atomic E-state index is 0.268. The van der Waals surface area contributed by atoms with E-state index in [0.717, 1.165) is 21.7 Å². The van der Waals surface area contributed by atoms with Crippen molar-refractivity contribution in [2.45, 2.75) is 13.8 Å². The van der Waals surface area contributed by atoms with Crippen LogP contribution in [-0.2, 0) is 0 Å². The van der Waals surface area contributed by atoms with E-state index in [1.807, 2.05) is 49.6 Å². The number of ether oxygens (including phenoxy) is 1. The summed E-state index contributed by atoms with van der Waals surface area (Å²) in [5.41, 5.74) is 2.41. The monoisotopic (exact) mass is 301 g/mol. The predicted octanol–water partition coefficient (Wildman–Crippen LogP) is 3.89. The zero-order valence-electron chi connectivity index (χ0n) is 11.8. The molecule has 108 valence electrons. The molecule has 0 bridgehead atoms. The number of thiophene rings is 1. The quantitative estimate of drug-likeness (QED) is 0.798. The van der Waals surface area contributed by atoms with Crippen LogP contribution >= 0.6 is 11.3 Å². The van der Waals surface area contributed by atoms with E-state index in [4.69, 9.17) is 4.74 Å². The summed E-state index contributed by atoms with van der Waals surface area (Å²) in [4.78, 5) is 12.3. The zero-order valence-corrected chi connectivity index (χ0v) is 12.6. The number of nitrogens with zero attached hydrogens (tertiary/aromatic N) is 2. The first-order valence-electron chi connectivity index (χ1n) is 6.66. The summed E-state index contributed by atoms with van der Waals surface area (Å²) in [7, 11) is 0. The van der Waals surface area contributed by atoms with Gasteiger partial charge in [-0.3, -0.25) is 0 Å². The number of carbonyl (C=O) groups excluding carboxylic acids is 1. The van der Waals surface area contributed by atoms with Gasteiger partial charge in [0.25, 0.3) is 0 Å². The van der Waals surface area contributed by atoms with Gasteiger partial charge in [-0.25, -0.2) is 4.79 Å². The van der Waals surface area contributed by atoms with Crippen molar-refractivity contribution in [1.82, 2.24) is 9.78 Å². The molecule has 2 heterocycles. The molecule has 0 radical (unpaired) electrons. The topological polar surface area (TPSA) is 56.1 Å². The maximum absolute atomic E-state index is 12.3. The highest BCUT2D eigenvalue weighted by Crippen LogP contribution is 2.24. The molecule has 0 spiro atoms. The molecule has 2 aromatic heterocycles. The van der Waals surface area contributed by atoms with Gasteiger partial charge in [0.15, 0.2) is 0 Å². The summed E-state index contributed by atoms with van der Waals surface area (Å²) in [6.45, 7) is 4.45. The Balaban J connectivity index is 1.81. The third-order valence-electron chi connectivity index (χ3n) is 3.06. The van der Waals surface area contributed by atoms with E-state index in [1.165, 1.54) is 4.68 Å². The van der Waals surface area contributed by atoms with Crippen molar-refractivity contribution in [1.29, 1.82) is 0 Å². The van der Waals surface area contributed by atoms with Gasteiger partial charge in [0.1, 0.15) is 5.75 Å². The summed E-state index contributed by atoms with van der Waals surface area (Å²) in [6, 6.07) is 8.91. The number of hydrogen-bond donors (Lipinski definition) is 1. The molecule has 3 rings (SSSR count). The molecule has 21 heavy (non-hydrogen) atoms. The summed E-state index contributed by atoms with van der Waals surface area (Å²) in [5.74, 6) is 0.783. The van der Waals surface area contributed by atoms with Gasteiger partial charge in [-0.15, -0.1) is 11.3 Å². The molecule has 1 N–H and O–H groups in total. The van der Waals surface area contributed by atoms with Crippen molar-refractivity contribution in [3.05, 3.63) is 41.4 Å². The number of fused-ring (bicyclic) bond motifs is 1. The smallest absolute Gasteiger partial charge is 0.347 e. The van der Waals surface area contributed by atoms with Crippen LogP contribution in [0.25, 0.3) is 10.2 Å². The van der Waals surface area contributed by atoms with Crippen molar-refractivity contribution in [2.75, 3.05) is 11.9 Å². The predicted molar refractivity (Wildman–Crippen MR) is 84.4 cm³/mol. The third-order valence-corrected chi connectivity index (χ3v) is 4.07. The number of benzene rings is 1. The Kier molecular flexibility index (Phi) is 3.62. The number of aromatic nitrogens is 2. The fraction of sp³-hybridized carbons (Fsp3) is 0.200. The van der Waals surface area contributed by atoms with Crippen LogP contribution in [-0.4, -0.2) is 22.4 Å². The van der Waals surface area contributed by atoms with Crippen molar-refractivity contribution in [3.63, 3.8) is 0 Å². The molecule has 0 aliphatic carbocycles. The number of amides is 1. The van der Waals surface area contributed by atoms with Crippen LogP contribution in [0.3, 0.4) is 0 Å². The summed E-state index contributed by atoms with van der Waals surface area (Å²) < 4.78 is 7.81. The minimum Gasteiger partial charge on any atom is -0.494 e. The van der Waals surface area contributed by atoms with Gasteiger partial charge in [-0.1, -0.05) is 0 Å². The number of hydrogen-bond acceptors (Lipinski definition) is 4. The SMILES string of the molecule is CCOc1ccc(NC(=O)n2nc(C)c3sccc32)cc1. The van der Waals surface area contributed by atoms with Gasteiger partial charge >= 0.3 is 6.03 Å². The molecular weight excluding hydrogens is 286 g/mol. The average molecular weight is 301 g/mol. The standard InChI is InChI=1S/C15H15N3O2S/c1-3-20-12-6-4-11(5-7-12)16-15(19)18-13-8-9-21-14(13)10(2)17-18/h4-9H,3H2,1-2H3,(H,16,19). The number of anilines is 1. The maximum Gasteiger partial charge on any atom is 0.347 e. The highest BCUT2D eigenvalue weighted by Gasteiger charge is 2.14. The van der Waals surface area contributed by atoms with Gasteiger partial charge in [0.05, 0.1) is 22.5 Å². The van der Waals surface area contributed by atoms with Crippen molar-refractivity contribution >= 4 is 33.3 Å². The molecule has 0 atom stereocenters. The second-order valence-electron chi connectivity index (χ2n) is 4.52. The van der Waals surface area contributed by atoms with Crippen LogP contribution in [0, 0.1) is 6.92 Å². The molecule has 0 aliphatic heterocycles. The fourth-order valence-electron chi connectivity index (χ4n) is 2.12. The lowest BCUT2D eigenvalue weighted by atomic mass is 10.3. The first-order valence-corrected chi connectivity index (χ1v) is 7.54. The van der Waals surface area contributed by atoms with Crippen LogP contribution in [0.15, 0.2) is 35.7 Å². The van der Waals surface area contributed by atoms with E-state index in [0.29, 0.717) is 12.3 Å². The van der Waals surface area contributed by atoms with E-state index < -0.39 is 0 Å². The number of aryl methyl sites for hydroxylation is 1. The zero-order chi connectivity index (χ0) is 14.8. The molecule has 6 heteroatoms. The van der Waals surface area contributed by atoms with E-state index in [2.05, 4.69) is 10.4 Å². The van der Waals surface area contributed by atoms with Gasteiger partial charge in [-0.05, 0) is 49.6 Å². The molecular formula is C15H15N3O2S. The van der Waals surface area contributed by atoms with Gasteiger partial charge < -0.3 is 10.1 Å². The van der Waals surface area contributed by atoms with Crippen molar-refractivity contribution in [3.8, 4) is 5.75 Å².